The predicted octanol–water partition coefficient (Wildman–Crippen LogP) is 2.51. The van der Waals surface area contributed by atoms with Gasteiger partial charge in [-0.25, -0.2) is 4.98 Å². The fourth-order valence-electron chi connectivity index (χ4n) is 2.51. The van der Waals surface area contributed by atoms with Crippen molar-refractivity contribution in [3.8, 4) is 11.3 Å². The molecule has 0 spiro atoms. The molecule has 1 saturated heterocycles. The third kappa shape index (κ3) is 3.52. The first-order valence-corrected chi connectivity index (χ1v) is 8.27. The topological polar surface area (TPSA) is 97.6 Å². The van der Waals surface area contributed by atoms with Gasteiger partial charge >= 0.3 is 0 Å². The number of hydrogen-bond donors (Lipinski definition) is 1. The summed E-state index contributed by atoms with van der Waals surface area (Å²) < 4.78 is 5.29. The second-order valence-corrected chi connectivity index (χ2v) is 6.14. The predicted molar refractivity (Wildman–Crippen MR) is 91.5 cm³/mol. The summed E-state index contributed by atoms with van der Waals surface area (Å²) >= 11 is 1.28. The molecular formula is C15H16N4O4S. The van der Waals surface area contributed by atoms with Crippen LogP contribution in [0.1, 0.15) is 6.92 Å². The van der Waals surface area contributed by atoms with Gasteiger partial charge in [-0.15, -0.1) is 11.3 Å². The van der Waals surface area contributed by atoms with Gasteiger partial charge in [0.2, 0.25) is 5.91 Å². The summed E-state index contributed by atoms with van der Waals surface area (Å²) in [5.41, 5.74) is 1.87. The molecule has 126 valence electrons. The smallest absolute Gasteiger partial charge is 0.293 e. The normalized spacial score (nSPS) is 14.5. The summed E-state index contributed by atoms with van der Waals surface area (Å²) in [5, 5.41) is 16.3. The molecule has 0 atom stereocenters. The van der Waals surface area contributed by atoms with E-state index in [-0.39, 0.29) is 16.5 Å². The Bertz CT molecular complexity index is 771. The Morgan fingerprint density at radius 2 is 2.17 bits per heavy atom. The number of nitro groups is 1. The van der Waals surface area contributed by atoms with Crippen LogP contribution in [0.3, 0.4) is 0 Å². The van der Waals surface area contributed by atoms with Gasteiger partial charge in [-0.05, 0) is 6.07 Å². The van der Waals surface area contributed by atoms with Gasteiger partial charge in [-0.2, -0.15) is 0 Å². The van der Waals surface area contributed by atoms with Crippen molar-refractivity contribution in [3.05, 3.63) is 33.7 Å². The van der Waals surface area contributed by atoms with Gasteiger partial charge in [0.05, 0.1) is 23.8 Å². The van der Waals surface area contributed by atoms with E-state index in [9.17, 15) is 14.9 Å². The number of nitrogens with one attached hydrogen (secondary N) is 1. The third-order valence-electron chi connectivity index (χ3n) is 3.61. The molecule has 1 amide bonds. The van der Waals surface area contributed by atoms with E-state index in [1.165, 1.54) is 24.3 Å². The minimum absolute atomic E-state index is 0.0449. The molecule has 3 rings (SSSR count). The molecule has 0 saturated carbocycles. The maximum atomic E-state index is 11.5. The van der Waals surface area contributed by atoms with E-state index in [1.807, 2.05) is 11.0 Å². The third-order valence-corrected chi connectivity index (χ3v) is 4.36. The minimum atomic E-state index is -0.380. The number of carbonyl (C=O) groups is 1. The zero-order valence-electron chi connectivity index (χ0n) is 13.0. The Morgan fingerprint density at radius 1 is 1.42 bits per heavy atom. The monoisotopic (exact) mass is 348 g/mol. The molecule has 24 heavy (non-hydrogen) atoms. The number of hydrogen-bond acceptors (Lipinski definition) is 7. The highest BCUT2D eigenvalue weighted by molar-refractivity contribution is 7.14. The fourth-order valence-corrected chi connectivity index (χ4v) is 3.28. The molecule has 2 heterocycles. The summed E-state index contributed by atoms with van der Waals surface area (Å²) in [6, 6.07) is 5.08. The van der Waals surface area contributed by atoms with Gasteiger partial charge in [-0.3, -0.25) is 14.9 Å². The van der Waals surface area contributed by atoms with Crippen molar-refractivity contribution < 1.29 is 14.5 Å². The lowest BCUT2D eigenvalue weighted by atomic mass is 10.1. The van der Waals surface area contributed by atoms with Crippen molar-refractivity contribution in [2.75, 3.05) is 36.5 Å². The van der Waals surface area contributed by atoms with Crippen LogP contribution in [-0.4, -0.2) is 42.1 Å². The second kappa shape index (κ2) is 6.93. The van der Waals surface area contributed by atoms with Gasteiger partial charge in [-0.1, -0.05) is 6.07 Å². The summed E-state index contributed by atoms with van der Waals surface area (Å²) in [7, 11) is 0. The minimum Gasteiger partial charge on any atom is -0.378 e. The zero-order chi connectivity index (χ0) is 17.1. The quantitative estimate of drug-likeness (QED) is 0.673. The second-order valence-electron chi connectivity index (χ2n) is 5.28. The van der Waals surface area contributed by atoms with Crippen LogP contribution in [0.25, 0.3) is 11.3 Å². The van der Waals surface area contributed by atoms with Crippen molar-refractivity contribution in [3.63, 3.8) is 0 Å². The van der Waals surface area contributed by atoms with E-state index < -0.39 is 0 Å². The van der Waals surface area contributed by atoms with Gasteiger partial charge in [0, 0.05) is 37.0 Å². The number of benzene rings is 1. The Balaban J connectivity index is 1.92. The first kappa shape index (κ1) is 16.3. The van der Waals surface area contributed by atoms with Crippen LogP contribution in [0.15, 0.2) is 23.6 Å². The van der Waals surface area contributed by atoms with Crippen molar-refractivity contribution in [2.45, 2.75) is 6.92 Å². The highest BCUT2D eigenvalue weighted by atomic mass is 32.1. The van der Waals surface area contributed by atoms with Crippen LogP contribution in [-0.2, 0) is 9.53 Å². The SMILES string of the molecule is CC(=O)Nc1nc(-c2ccc(N3CCOCC3)c([N+](=O)[O-])c2)cs1. The maximum absolute atomic E-state index is 11.5. The highest BCUT2D eigenvalue weighted by Crippen LogP contribution is 2.34. The Labute approximate surface area is 142 Å². The molecular weight excluding hydrogens is 332 g/mol. The Morgan fingerprint density at radius 3 is 2.83 bits per heavy atom. The largest absolute Gasteiger partial charge is 0.378 e. The summed E-state index contributed by atoms with van der Waals surface area (Å²) in [5.74, 6) is -0.204. The molecule has 1 aliphatic heterocycles. The van der Waals surface area contributed by atoms with Crippen molar-refractivity contribution in [2.24, 2.45) is 0 Å². The van der Waals surface area contributed by atoms with E-state index in [4.69, 9.17) is 4.74 Å². The first-order valence-electron chi connectivity index (χ1n) is 7.39. The lowest BCUT2D eigenvalue weighted by Crippen LogP contribution is -2.36. The van der Waals surface area contributed by atoms with Gasteiger partial charge < -0.3 is 15.0 Å². The summed E-state index contributed by atoms with van der Waals surface area (Å²) in [6.45, 7) is 3.78. The number of anilines is 2. The number of thiazole rings is 1. The van der Waals surface area contributed by atoms with Gasteiger partial charge in [0.1, 0.15) is 5.69 Å². The van der Waals surface area contributed by atoms with Crippen LogP contribution >= 0.6 is 11.3 Å². The standard InChI is InChI=1S/C15H16N4O4S/c1-10(20)16-15-17-12(9-24-15)11-2-3-13(14(8-11)19(21)22)18-4-6-23-7-5-18/h2-3,8-9H,4-7H2,1H3,(H,16,17,20). The van der Waals surface area contributed by atoms with E-state index >= 15 is 0 Å². The molecule has 2 aromatic rings. The van der Waals surface area contributed by atoms with E-state index in [0.717, 1.165) is 0 Å². The van der Waals surface area contributed by atoms with Crippen LogP contribution < -0.4 is 10.2 Å². The Kier molecular flexibility index (Phi) is 4.72. The van der Waals surface area contributed by atoms with Crippen LogP contribution in [0.2, 0.25) is 0 Å². The number of nitrogens with zero attached hydrogens (tertiary/aromatic N) is 3. The van der Waals surface area contributed by atoms with Crippen LogP contribution in [0, 0.1) is 10.1 Å². The number of amides is 1. The first-order chi connectivity index (χ1) is 11.5. The number of nitro benzene ring substituents is 1. The molecule has 0 bridgehead atoms. The van der Waals surface area contributed by atoms with Gasteiger partial charge in [0.25, 0.3) is 5.69 Å². The molecule has 1 N–H and O–H groups in total. The summed E-state index contributed by atoms with van der Waals surface area (Å²) in [6.07, 6.45) is 0. The van der Waals surface area contributed by atoms with E-state index in [1.54, 1.807) is 11.4 Å². The average molecular weight is 348 g/mol. The molecule has 1 aliphatic rings. The van der Waals surface area contributed by atoms with E-state index in [0.29, 0.717) is 48.4 Å². The number of ether oxygens (including phenoxy) is 1. The number of morpholine rings is 1. The molecule has 8 nitrogen and oxygen atoms in total. The number of carbonyl (C=O) groups excluding carboxylic acids is 1. The molecule has 1 aromatic heterocycles. The zero-order valence-corrected chi connectivity index (χ0v) is 13.8. The fraction of sp³-hybridized carbons (Fsp3) is 0.333. The van der Waals surface area contributed by atoms with Gasteiger partial charge in [0.15, 0.2) is 5.13 Å². The van der Waals surface area contributed by atoms with Crippen LogP contribution in [0.5, 0.6) is 0 Å². The summed E-state index contributed by atoms with van der Waals surface area (Å²) in [4.78, 5) is 28.4. The molecule has 9 heteroatoms. The van der Waals surface area contributed by atoms with Crippen molar-refractivity contribution in [1.29, 1.82) is 0 Å². The maximum Gasteiger partial charge on any atom is 0.293 e. The average Bonchev–Trinajstić information content (AvgIpc) is 3.03. The molecule has 0 aliphatic carbocycles. The van der Waals surface area contributed by atoms with Crippen LogP contribution in [0.4, 0.5) is 16.5 Å². The van der Waals surface area contributed by atoms with Crippen molar-refractivity contribution >= 4 is 33.8 Å². The number of aromatic nitrogens is 1. The molecule has 1 fully saturated rings. The molecule has 0 radical (unpaired) electrons. The molecule has 1 aromatic carbocycles. The van der Waals surface area contributed by atoms with E-state index in [2.05, 4.69) is 10.3 Å². The lowest BCUT2D eigenvalue weighted by Gasteiger charge is -2.28. The molecule has 0 unspecified atom stereocenters. The lowest BCUT2D eigenvalue weighted by molar-refractivity contribution is -0.384. The highest BCUT2D eigenvalue weighted by Gasteiger charge is 2.22. The van der Waals surface area contributed by atoms with Crippen molar-refractivity contribution in [1.82, 2.24) is 4.98 Å². The number of rotatable bonds is 4. The Hall–Kier alpha value is -2.52.